The number of aliphatic imine (C=N–C) groups is 1. The molecule has 4 heteroatoms. The highest BCUT2D eigenvalue weighted by Gasteiger charge is 2.21. The molecule has 1 aromatic heterocycles. The molecule has 4 aromatic carbocycles. The fraction of sp³-hybridized carbons (Fsp3) is 0.0357. The number of fused-ring (bicyclic) bond motifs is 1. The van der Waals surface area contributed by atoms with Crippen molar-refractivity contribution in [3.05, 3.63) is 103 Å². The first kappa shape index (κ1) is 19.6. The number of phenolic OH excluding ortho intramolecular Hbond substituents is 1. The van der Waals surface area contributed by atoms with Crippen LogP contribution in [0, 0.1) is 0 Å². The lowest BCUT2D eigenvalue weighted by Crippen LogP contribution is -1.87. The Morgan fingerprint density at radius 1 is 0.781 bits per heavy atom. The minimum absolute atomic E-state index is 0.146. The second-order valence-electron chi connectivity index (χ2n) is 7.37. The van der Waals surface area contributed by atoms with Gasteiger partial charge in [-0.15, -0.1) is 0 Å². The van der Waals surface area contributed by atoms with Crippen LogP contribution in [0.15, 0.2) is 106 Å². The standard InChI is InChI=1S/C28H21NO3/c1-31-22-14-12-21(13-15-22)29-18-23-24(30)16-17-25-27(23)26(19-8-4-2-5-9-19)28(32-25)20-10-6-3-7-11-20/h2-18,30H,1H3. The zero-order chi connectivity index (χ0) is 21.9. The second-order valence-corrected chi connectivity index (χ2v) is 7.37. The van der Waals surface area contributed by atoms with Crippen molar-refractivity contribution in [2.24, 2.45) is 4.99 Å². The van der Waals surface area contributed by atoms with E-state index in [4.69, 9.17) is 9.15 Å². The number of aromatic hydroxyl groups is 1. The summed E-state index contributed by atoms with van der Waals surface area (Å²) in [5.41, 5.74) is 4.98. The van der Waals surface area contributed by atoms with Crippen molar-refractivity contribution in [3.63, 3.8) is 0 Å². The highest BCUT2D eigenvalue weighted by atomic mass is 16.5. The smallest absolute Gasteiger partial charge is 0.143 e. The summed E-state index contributed by atoms with van der Waals surface area (Å²) in [5.74, 6) is 1.67. The largest absolute Gasteiger partial charge is 0.507 e. The van der Waals surface area contributed by atoms with Gasteiger partial charge >= 0.3 is 0 Å². The van der Waals surface area contributed by atoms with Gasteiger partial charge in [0.05, 0.1) is 12.8 Å². The van der Waals surface area contributed by atoms with Gasteiger partial charge in [0.2, 0.25) is 0 Å². The fourth-order valence-corrected chi connectivity index (χ4v) is 3.82. The molecule has 0 unspecified atom stereocenters. The van der Waals surface area contributed by atoms with Crippen LogP contribution >= 0.6 is 0 Å². The Bertz CT molecular complexity index is 1390. The highest BCUT2D eigenvalue weighted by Crippen LogP contribution is 2.43. The molecule has 5 aromatic rings. The van der Waals surface area contributed by atoms with Gasteiger partial charge in [-0.05, 0) is 42.0 Å². The van der Waals surface area contributed by atoms with E-state index in [1.54, 1.807) is 25.5 Å². The van der Waals surface area contributed by atoms with Crippen molar-refractivity contribution in [2.45, 2.75) is 0 Å². The average molecular weight is 419 g/mol. The lowest BCUT2D eigenvalue weighted by atomic mass is 9.96. The predicted octanol–water partition coefficient (Wildman–Crippen LogP) is 7.23. The molecule has 0 spiro atoms. The van der Waals surface area contributed by atoms with E-state index in [0.29, 0.717) is 11.1 Å². The van der Waals surface area contributed by atoms with Crippen LogP contribution in [0.5, 0.6) is 11.5 Å². The monoisotopic (exact) mass is 419 g/mol. The van der Waals surface area contributed by atoms with Gasteiger partial charge in [-0.1, -0.05) is 60.7 Å². The Morgan fingerprint density at radius 3 is 2.09 bits per heavy atom. The van der Waals surface area contributed by atoms with Crippen LogP contribution in [0.2, 0.25) is 0 Å². The number of hydrogen-bond donors (Lipinski definition) is 1. The number of phenols is 1. The molecule has 0 radical (unpaired) electrons. The molecule has 0 aliphatic carbocycles. The molecule has 1 heterocycles. The molecule has 5 rings (SSSR count). The van der Waals surface area contributed by atoms with E-state index < -0.39 is 0 Å². The van der Waals surface area contributed by atoms with Crippen molar-refractivity contribution in [2.75, 3.05) is 7.11 Å². The molecule has 1 N–H and O–H groups in total. The number of methoxy groups -OCH3 is 1. The van der Waals surface area contributed by atoms with Crippen LogP contribution in [-0.4, -0.2) is 18.4 Å². The summed E-state index contributed by atoms with van der Waals surface area (Å²) in [6.45, 7) is 0. The molecule has 0 saturated heterocycles. The normalized spacial score (nSPS) is 11.3. The van der Waals surface area contributed by atoms with Gasteiger partial charge < -0.3 is 14.3 Å². The molecule has 0 bridgehead atoms. The van der Waals surface area contributed by atoms with E-state index in [2.05, 4.69) is 4.99 Å². The second kappa shape index (κ2) is 8.44. The van der Waals surface area contributed by atoms with Gasteiger partial charge in [0, 0.05) is 28.3 Å². The maximum absolute atomic E-state index is 10.8. The molecular weight excluding hydrogens is 398 g/mol. The van der Waals surface area contributed by atoms with Crippen molar-refractivity contribution in [1.82, 2.24) is 0 Å². The van der Waals surface area contributed by atoms with Crippen LogP contribution in [0.4, 0.5) is 5.69 Å². The molecule has 4 nitrogen and oxygen atoms in total. The van der Waals surface area contributed by atoms with E-state index >= 15 is 0 Å². The number of ether oxygens (including phenoxy) is 1. The summed E-state index contributed by atoms with van der Waals surface area (Å²) in [4.78, 5) is 4.60. The Labute approximate surface area is 186 Å². The Kier molecular flexibility index (Phi) is 5.18. The zero-order valence-corrected chi connectivity index (χ0v) is 17.5. The van der Waals surface area contributed by atoms with Crippen molar-refractivity contribution in [3.8, 4) is 33.9 Å². The van der Waals surface area contributed by atoms with Crippen molar-refractivity contribution >= 4 is 22.9 Å². The van der Waals surface area contributed by atoms with Crippen LogP contribution in [0.3, 0.4) is 0 Å². The van der Waals surface area contributed by atoms with E-state index in [1.165, 1.54) is 0 Å². The summed E-state index contributed by atoms with van der Waals surface area (Å²) >= 11 is 0. The molecule has 0 saturated carbocycles. The van der Waals surface area contributed by atoms with E-state index in [9.17, 15) is 5.11 Å². The quantitative estimate of drug-likeness (QED) is 0.306. The molecule has 156 valence electrons. The van der Waals surface area contributed by atoms with Gasteiger partial charge in [0.15, 0.2) is 0 Å². The van der Waals surface area contributed by atoms with E-state index in [0.717, 1.165) is 39.3 Å². The maximum atomic E-state index is 10.8. The van der Waals surface area contributed by atoms with Crippen LogP contribution < -0.4 is 4.74 Å². The summed E-state index contributed by atoms with van der Waals surface area (Å²) < 4.78 is 11.5. The summed E-state index contributed by atoms with van der Waals surface area (Å²) in [7, 11) is 1.63. The molecule has 0 fully saturated rings. The number of nitrogens with zero attached hydrogens (tertiary/aromatic N) is 1. The maximum Gasteiger partial charge on any atom is 0.143 e. The van der Waals surface area contributed by atoms with E-state index in [-0.39, 0.29) is 5.75 Å². The van der Waals surface area contributed by atoms with Crippen LogP contribution in [0.1, 0.15) is 5.56 Å². The first-order chi connectivity index (χ1) is 15.7. The fourth-order valence-electron chi connectivity index (χ4n) is 3.82. The third kappa shape index (κ3) is 3.63. The minimum atomic E-state index is 0.146. The SMILES string of the molecule is COc1ccc(N=Cc2c(O)ccc3oc(-c4ccccc4)c(-c4ccccc4)c23)cc1. The molecule has 32 heavy (non-hydrogen) atoms. The Balaban J connectivity index is 1.74. The van der Waals surface area contributed by atoms with E-state index in [1.807, 2.05) is 84.9 Å². The first-order valence-corrected chi connectivity index (χ1v) is 10.3. The summed E-state index contributed by atoms with van der Waals surface area (Å²) in [6.07, 6.45) is 1.69. The third-order valence-electron chi connectivity index (χ3n) is 5.39. The van der Waals surface area contributed by atoms with Gasteiger partial charge in [-0.25, -0.2) is 0 Å². The molecule has 0 aliphatic heterocycles. The lowest BCUT2D eigenvalue weighted by Gasteiger charge is -2.06. The Hall–Kier alpha value is -4.31. The Morgan fingerprint density at radius 2 is 1.44 bits per heavy atom. The van der Waals surface area contributed by atoms with Crippen LogP contribution in [-0.2, 0) is 0 Å². The summed E-state index contributed by atoms with van der Waals surface area (Å²) in [6, 6.07) is 31.0. The number of rotatable bonds is 5. The summed E-state index contributed by atoms with van der Waals surface area (Å²) in [5, 5.41) is 11.6. The molecule has 0 amide bonds. The molecular formula is C28H21NO3. The average Bonchev–Trinajstić information content (AvgIpc) is 3.25. The molecule has 0 aliphatic rings. The number of furan rings is 1. The number of hydrogen-bond acceptors (Lipinski definition) is 4. The van der Waals surface area contributed by atoms with Gasteiger partial charge in [0.1, 0.15) is 22.8 Å². The highest BCUT2D eigenvalue weighted by molar-refractivity contribution is 6.12. The zero-order valence-electron chi connectivity index (χ0n) is 17.5. The molecule has 0 atom stereocenters. The first-order valence-electron chi connectivity index (χ1n) is 10.3. The van der Waals surface area contributed by atoms with Crippen molar-refractivity contribution < 1.29 is 14.3 Å². The third-order valence-corrected chi connectivity index (χ3v) is 5.39. The lowest BCUT2D eigenvalue weighted by molar-refractivity contribution is 0.415. The minimum Gasteiger partial charge on any atom is -0.507 e. The topological polar surface area (TPSA) is 55.0 Å². The van der Waals surface area contributed by atoms with Gasteiger partial charge in [-0.3, -0.25) is 4.99 Å². The predicted molar refractivity (Wildman–Crippen MR) is 129 cm³/mol. The van der Waals surface area contributed by atoms with Crippen LogP contribution in [0.25, 0.3) is 33.4 Å². The van der Waals surface area contributed by atoms with Gasteiger partial charge in [-0.2, -0.15) is 0 Å². The van der Waals surface area contributed by atoms with Gasteiger partial charge in [0.25, 0.3) is 0 Å². The van der Waals surface area contributed by atoms with Crippen molar-refractivity contribution in [1.29, 1.82) is 0 Å². The number of benzene rings is 4.